The van der Waals surface area contributed by atoms with Crippen LogP contribution >= 0.6 is 0 Å². The minimum atomic E-state index is -0.132. The molecular formula is C15H23N3O. The second-order valence-corrected chi connectivity index (χ2v) is 4.97. The van der Waals surface area contributed by atoms with Gasteiger partial charge in [-0.1, -0.05) is 25.1 Å². The number of carbonyl (C=O) groups excluding carboxylic acids is 1. The van der Waals surface area contributed by atoms with E-state index in [1.54, 1.807) is 0 Å². The lowest BCUT2D eigenvalue weighted by Gasteiger charge is -2.30. The van der Waals surface area contributed by atoms with Gasteiger partial charge >= 0.3 is 0 Å². The van der Waals surface area contributed by atoms with Crippen molar-refractivity contribution in [1.29, 1.82) is 0 Å². The van der Waals surface area contributed by atoms with Crippen LogP contribution in [0.15, 0.2) is 24.3 Å². The first kappa shape index (κ1) is 13.9. The molecule has 2 N–H and O–H groups in total. The molecule has 0 saturated carbocycles. The predicted octanol–water partition coefficient (Wildman–Crippen LogP) is 1.51. The third-order valence-corrected chi connectivity index (χ3v) is 3.54. The third-order valence-electron chi connectivity index (χ3n) is 3.54. The molecule has 0 aliphatic carbocycles. The van der Waals surface area contributed by atoms with Gasteiger partial charge < -0.3 is 15.5 Å². The highest BCUT2D eigenvalue weighted by Gasteiger charge is 2.24. The molecule has 1 aliphatic heterocycles. The van der Waals surface area contributed by atoms with Crippen LogP contribution in [0.1, 0.15) is 25.8 Å². The Morgan fingerprint density at radius 1 is 1.47 bits per heavy atom. The summed E-state index contributed by atoms with van der Waals surface area (Å²) in [6.07, 6.45) is 0.969. The summed E-state index contributed by atoms with van der Waals surface area (Å²) in [4.78, 5) is 14.3. The number of para-hydroxylation sites is 1. The van der Waals surface area contributed by atoms with E-state index in [0.717, 1.165) is 32.6 Å². The first-order chi connectivity index (χ1) is 9.24. The average Bonchev–Trinajstić information content (AvgIpc) is 2.66. The number of anilines is 1. The van der Waals surface area contributed by atoms with Crippen LogP contribution in [0.3, 0.4) is 0 Å². The van der Waals surface area contributed by atoms with Crippen molar-refractivity contribution < 1.29 is 4.79 Å². The highest BCUT2D eigenvalue weighted by Crippen LogP contribution is 2.24. The summed E-state index contributed by atoms with van der Waals surface area (Å²) in [5.74, 6) is 0.110. The number of hydrogen-bond acceptors (Lipinski definition) is 3. The summed E-state index contributed by atoms with van der Waals surface area (Å²) in [5.41, 5.74) is 2.43. The third kappa shape index (κ3) is 3.26. The van der Waals surface area contributed by atoms with Gasteiger partial charge in [-0.05, 0) is 25.0 Å². The minimum Gasteiger partial charge on any atom is -0.358 e. The molecule has 0 bridgehead atoms. The molecule has 4 nitrogen and oxygen atoms in total. The van der Waals surface area contributed by atoms with Crippen LogP contribution in [0, 0.1) is 0 Å². The molecular weight excluding hydrogens is 238 g/mol. The standard InChI is InChI=1S/C15H23N3O/c1-3-8-17-15(19)12(2)18-10-9-16-11-13-6-4-5-7-14(13)18/h4-7,12,16H,3,8-11H2,1-2H3,(H,17,19). The van der Waals surface area contributed by atoms with E-state index >= 15 is 0 Å². The Morgan fingerprint density at radius 3 is 3.05 bits per heavy atom. The van der Waals surface area contributed by atoms with Crippen LogP contribution in [-0.2, 0) is 11.3 Å². The van der Waals surface area contributed by atoms with Crippen molar-refractivity contribution >= 4 is 11.6 Å². The predicted molar refractivity (Wildman–Crippen MR) is 78.3 cm³/mol. The summed E-state index contributed by atoms with van der Waals surface area (Å²) >= 11 is 0. The van der Waals surface area contributed by atoms with E-state index in [4.69, 9.17) is 0 Å². The highest BCUT2D eigenvalue weighted by atomic mass is 16.2. The quantitative estimate of drug-likeness (QED) is 0.863. The van der Waals surface area contributed by atoms with Crippen molar-refractivity contribution in [1.82, 2.24) is 10.6 Å². The number of fused-ring (bicyclic) bond motifs is 1. The summed E-state index contributed by atoms with van der Waals surface area (Å²) in [5, 5.41) is 6.38. The fraction of sp³-hybridized carbons (Fsp3) is 0.533. The van der Waals surface area contributed by atoms with Crippen molar-refractivity contribution in [3.8, 4) is 0 Å². The van der Waals surface area contributed by atoms with Crippen LogP contribution in [0.5, 0.6) is 0 Å². The van der Waals surface area contributed by atoms with Crippen molar-refractivity contribution in [2.24, 2.45) is 0 Å². The van der Waals surface area contributed by atoms with E-state index in [9.17, 15) is 4.79 Å². The van der Waals surface area contributed by atoms with Crippen molar-refractivity contribution in [3.05, 3.63) is 29.8 Å². The average molecular weight is 261 g/mol. The molecule has 4 heteroatoms. The molecule has 0 saturated heterocycles. The topological polar surface area (TPSA) is 44.4 Å². The van der Waals surface area contributed by atoms with Gasteiger partial charge in [0.1, 0.15) is 6.04 Å². The first-order valence-corrected chi connectivity index (χ1v) is 7.07. The molecule has 2 rings (SSSR count). The van der Waals surface area contributed by atoms with Gasteiger partial charge in [-0.2, -0.15) is 0 Å². The zero-order valence-electron chi connectivity index (χ0n) is 11.8. The number of amides is 1. The lowest BCUT2D eigenvalue weighted by molar-refractivity contribution is -0.122. The maximum absolute atomic E-state index is 12.2. The van der Waals surface area contributed by atoms with Gasteiger partial charge in [-0.3, -0.25) is 4.79 Å². The first-order valence-electron chi connectivity index (χ1n) is 7.07. The van der Waals surface area contributed by atoms with Gasteiger partial charge in [0.05, 0.1) is 0 Å². The fourth-order valence-corrected chi connectivity index (χ4v) is 2.42. The molecule has 1 aliphatic rings. The van der Waals surface area contributed by atoms with Gasteiger partial charge in [0, 0.05) is 31.9 Å². The Kier molecular flexibility index (Phi) is 4.80. The SMILES string of the molecule is CCCNC(=O)C(C)N1CCNCc2ccccc21. The lowest BCUT2D eigenvalue weighted by Crippen LogP contribution is -2.47. The van der Waals surface area contributed by atoms with Crippen LogP contribution < -0.4 is 15.5 Å². The molecule has 0 spiro atoms. The number of rotatable bonds is 4. The number of nitrogens with one attached hydrogen (secondary N) is 2. The molecule has 1 aromatic rings. The second kappa shape index (κ2) is 6.57. The van der Waals surface area contributed by atoms with Gasteiger partial charge in [-0.15, -0.1) is 0 Å². The molecule has 1 heterocycles. The van der Waals surface area contributed by atoms with E-state index in [0.29, 0.717) is 0 Å². The van der Waals surface area contributed by atoms with E-state index in [2.05, 4.69) is 34.6 Å². The molecule has 0 fully saturated rings. The zero-order chi connectivity index (χ0) is 13.7. The molecule has 1 aromatic carbocycles. The van der Waals surface area contributed by atoms with Crippen LogP contribution in [0.2, 0.25) is 0 Å². The van der Waals surface area contributed by atoms with Crippen molar-refractivity contribution in [2.75, 3.05) is 24.5 Å². The summed E-state index contributed by atoms with van der Waals surface area (Å²) in [6.45, 7) is 7.42. The minimum absolute atomic E-state index is 0.110. The summed E-state index contributed by atoms with van der Waals surface area (Å²) < 4.78 is 0. The number of hydrogen-bond donors (Lipinski definition) is 2. The van der Waals surface area contributed by atoms with Gasteiger partial charge in [0.2, 0.25) is 5.91 Å². The molecule has 0 aromatic heterocycles. The highest BCUT2D eigenvalue weighted by molar-refractivity contribution is 5.85. The Bertz CT molecular complexity index is 433. The zero-order valence-corrected chi connectivity index (χ0v) is 11.8. The van der Waals surface area contributed by atoms with E-state index in [-0.39, 0.29) is 11.9 Å². The maximum Gasteiger partial charge on any atom is 0.242 e. The van der Waals surface area contributed by atoms with Gasteiger partial charge in [0.15, 0.2) is 0 Å². The Labute approximate surface area is 115 Å². The number of nitrogens with zero attached hydrogens (tertiary/aromatic N) is 1. The number of carbonyl (C=O) groups is 1. The van der Waals surface area contributed by atoms with Crippen molar-refractivity contribution in [2.45, 2.75) is 32.9 Å². The second-order valence-electron chi connectivity index (χ2n) is 4.97. The smallest absolute Gasteiger partial charge is 0.242 e. The summed E-state index contributed by atoms with van der Waals surface area (Å²) in [6, 6.07) is 8.18. The van der Waals surface area contributed by atoms with Crippen molar-refractivity contribution in [3.63, 3.8) is 0 Å². The number of benzene rings is 1. The lowest BCUT2D eigenvalue weighted by atomic mass is 10.1. The molecule has 1 atom stereocenters. The van der Waals surface area contributed by atoms with E-state index < -0.39 is 0 Å². The monoisotopic (exact) mass is 261 g/mol. The molecule has 1 amide bonds. The molecule has 1 unspecified atom stereocenters. The molecule has 19 heavy (non-hydrogen) atoms. The van der Waals surface area contributed by atoms with Crippen LogP contribution in [0.25, 0.3) is 0 Å². The van der Waals surface area contributed by atoms with E-state index in [1.807, 2.05) is 19.1 Å². The molecule has 0 radical (unpaired) electrons. The van der Waals surface area contributed by atoms with Crippen LogP contribution in [0.4, 0.5) is 5.69 Å². The molecule has 104 valence electrons. The van der Waals surface area contributed by atoms with Gasteiger partial charge in [0.25, 0.3) is 0 Å². The Balaban J connectivity index is 2.17. The van der Waals surface area contributed by atoms with Crippen LogP contribution in [-0.4, -0.2) is 31.6 Å². The van der Waals surface area contributed by atoms with E-state index in [1.165, 1.54) is 11.3 Å². The normalized spacial score (nSPS) is 16.4. The Morgan fingerprint density at radius 2 is 2.26 bits per heavy atom. The maximum atomic E-state index is 12.2. The largest absolute Gasteiger partial charge is 0.358 e. The van der Waals surface area contributed by atoms with Gasteiger partial charge in [-0.25, -0.2) is 0 Å². The fourth-order valence-electron chi connectivity index (χ4n) is 2.42. The summed E-state index contributed by atoms with van der Waals surface area (Å²) in [7, 11) is 0. The Hall–Kier alpha value is -1.55.